The van der Waals surface area contributed by atoms with Crippen molar-refractivity contribution in [3.8, 4) is 0 Å². The Morgan fingerprint density at radius 2 is 2.15 bits per heavy atom. The molecule has 2 amide bonds. The maximum Gasteiger partial charge on any atom is 0.287 e. The zero-order valence-electron chi connectivity index (χ0n) is 15.6. The lowest BCUT2D eigenvalue weighted by atomic mass is 9.73. The molecule has 0 saturated carbocycles. The van der Waals surface area contributed by atoms with E-state index in [1.807, 2.05) is 11.8 Å². The maximum atomic E-state index is 12.9. The number of nitrogens with zero attached hydrogens (tertiary/aromatic N) is 1. The number of hydrogen-bond donors (Lipinski definition) is 1. The molecular weight excluding hydrogens is 344 g/mol. The van der Waals surface area contributed by atoms with Gasteiger partial charge in [0.15, 0.2) is 5.76 Å². The maximum absolute atomic E-state index is 12.9. The number of nitrogens with one attached hydrogen (secondary N) is 1. The van der Waals surface area contributed by atoms with Crippen LogP contribution in [0.2, 0.25) is 0 Å². The van der Waals surface area contributed by atoms with E-state index in [1.165, 1.54) is 6.26 Å². The summed E-state index contributed by atoms with van der Waals surface area (Å²) in [5, 5.41) is 3.04. The Hall–Kier alpha value is -2.08. The molecular formula is C21H26N2O4. The van der Waals surface area contributed by atoms with Gasteiger partial charge in [-0.3, -0.25) is 9.59 Å². The first-order valence-electron chi connectivity index (χ1n) is 10.0. The fourth-order valence-electron chi connectivity index (χ4n) is 5.60. The Bertz CT molecular complexity index is 792. The van der Waals surface area contributed by atoms with Gasteiger partial charge in [-0.2, -0.15) is 0 Å². The van der Waals surface area contributed by atoms with E-state index in [2.05, 4.69) is 17.5 Å². The molecule has 4 aliphatic rings. The van der Waals surface area contributed by atoms with Crippen molar-refractivity contribution < 1.29 is 18.7 Å². The summed E-state index contributed by atoms with van der Waals surface area (Å²) in [5.74, 6) is 1.16. The summed E-state index contributed by atoms with van der Waals surface area (Å²) in [4.78, 5) is 27.3. The zero-order chi connectivity index (χ0) is 18.6. The molecule has 5 rings (SSSR count). The molecule has 4 heterocycles. The van der Waals surface area contributed by atoms with Crippen molar-refractivity contribution in [1.82, 2.24) is 10.2 Å². The smallest absolute Gasteiger partial charge is 0.287 e. The van der Waals surface area contributed by atoms with Gasteiger partial charge in [0.1, 0.15) is 0 Å². The zero-order valence-corrected chi connectivity index (χ0v) is 15.6. The van der Waals surface area contributed by atoms with Crippen LogP contribution in [0.4, 0.5) is 0 Å². The number of carbonyl (C=O) groups is 2. The van der Waals surface area contributed by atoms with Crippen LogP contribution in [0.3, 0.4) is 0 Å². The van der Waals surface area contributed by atoms with Crippen LogP contribution < -0.4 is 5.32 Å². The van der Waals surface area contributed by atoms with Crippen molar-refractivity contribution in [2.75, 3.05) is 19.6 Å². The topological polar surface area (TPSA) is 71.8 Å². The van der Waals surface area contributed by atoms with Gasteiger partial charge in [-0.1, -0.05) is 12.2 Å². The van der Waals surface area contributed by atoms with E-state index in [1.54, 1.807) is 6.07 Å². The van der Waals surface area contributed by atoms with E-state index in [-0.39, 0.29) is 35.4 Å². The van der Waals surface area contributed by atoms with Gasteiger partial charge in [0.2, 0.25) is 5.91 Å². The average Bonchev–Trinajstić information content (AvgIpc) is 3.44. The minimum Gasteiger partial charge on any atom is -0.459 e. The Kier molecular flexibility index (Phi) is 3.93. The third-order valence-electron chi connectivity index (χ3n) is 7.02. The normalized spacial score (nSPS) is 34.4. The number of allylic oxidation sites excluding steroid dienone is 2. The van der Waals surface area contributed by atoms with E-state index >= 15 is 0 Å². The molecule has 3 aliphatic heterocycles. The summed E-state index contributed by atoms with van der Waals surface area (Å²) >= 11 is 0. The SMILES string of the molecule is Cc1ccoc1C(=O)NC[C@H]1[C@H]2CN(C(=O)C3CC=CC3)C[C@]23CC[C@H]1O3. The fourth-order valence-corrected chi connectivity index (χ4v) is 5.60. The predicted octanol–water partition coefficient (Wildman–Crippen LogP) is 2.29. The molecule has 1 spiro atoms. The van der Waals surface area contributed by atoms with Gasteiger partial charge in [0.05, 0.1) is 24.5 Å². The van der Waals surface area contributed by atoms with Gasteiger partial charge >= 0.3 is 0 Å². The third-order valence-corrected chi connectivity index (χ3v) is 7.02. The molecule has 0 unspecified atom stereocenters. The molecule has 27 heavy (non-hydrogen) atoms. The van der Waals surface area contributed by atoms with Gasteiger partial charge in [-0.05, 0) is 38.7 Å². The minimum atomic E-state index is -0.192. The lowest BCUT2D eigenvalue weighted by molar-refractivity contribution is -0.135. The van der Waals surface area contributed by atoms with Crippen molar-refractivity contribution in [3.05, 3.63) is 35.8 Å². The number of rotatable bonds is 4. The van der Waals surface area contributed by atoms with Crippen molar-refractivity contribution in [2.24, 2.45) is 17.8 Å². The Balaban J connectivity index is 1.26. The molecule has 6 heteroatoms. The Morgan fingerprint density at radius 3 is 2.89 bits per heavy atom. The summed E-state index contributed by atoms with van der Waals surface area (Å²) < 4.78 is 11.7. The molecule has 3 saturated heterocycles. The van der Waals surface area contributed by atoms with E-state index in [0.717, 1.165) is 37.8 Å². The van der Waals surface area contributed by atoms with E-state index in [4.69, 9.17) is 9.15 Å². The van der Waals surface area contributed by atoms with Crippen molar-refractivity contribution in [2.45, 2.75) is 44.3 Å². The fraction of sp³-hybridized carbons (Fsp3) is 0.619. The first-order valence-corrected chi connectivity index (χ1v) is 10.0. The van der Waals surface area contributed by atoms with Crippen LogP contribution in [-0.2, 0) is 9.53 Å². The highest BCUT2D eigenvalue weighted by Gasteiger charge is 2.63. The van der Waals surface area contributed by atoms with Gasteiger partial charge in [-0.25, -0.2) is 0 Å². The van der Waals surface area contributed by atoms with Crippen LogP contribution in [0, 0.1) is 24.7 Å². The first-order chi connectivity index (χ1) is 13.1. The van der Waals surface area contributed by atoms with E-state index < -0.39 is 0 Å². The van der Waals surface area contributed by atoms with Crippen molar-refractivity contribution in [1.29, 1.82) is 0 Å². The molecule has 144 valence electrons. The molecule has 1 aromatic heterocycles. The van der Waals surface area contributed by atoms with Crippen LogP contribution in [0.5, 0.6) is 0 Å². The number of hydrogen-bond acceptors (Lipinski definition) is 4. The van der Waals surface area contributed by atoms with E-state index in [0.29, 0.717) is 24.8 Å². The number of fused-ring (bicyclic) bond motifs is 1. The Labute approximate surface area is 158 Å². The summed E-state index contributed by atoms with van der Waals surface area (Å²) in [6.07, 6.45) is 9.71. The quantitative estimate of drug-likeness (QED) is 0.826. The second-order valence-electron chi connectivity index (χ2n) is 8.53. The monoisotopic (exact) mass is 370 g/mol. The number of ether oxygens (including phenoxy) is 1. The van der Waals surface area contributed by atoms with Crippen molar-refractivity contribution in [3.63, 3.8) is 0 Å². The summed E-state index contributed by atoms with van der Waals surface area (Å²) in [5.41, 5.74) is 0.651. The summed E-state index contributed by atoms with van der Waals surface area (Å²) in [7, 11) is 0. The van der Waals surface area contributed by atoms with Crippen LogP contribution in [0.15, 0.2) is 28.9 Å². The highest BCUT2D eigenvalue weighted by Crippen LogP contribution is 2.54. The van der Waals surface area contributed by atoms with Gasteiger partial charge in [-0.15, -0.1) is 0 Å². The highest BCUT2D eigenvalue weighted by molar-refractivity contribution is 5.92. The molecule has 0 radical (unpaired) electrons. The van der Waals surface area contributed by atoms with E-state index in [9.17, 15) is 9.59 Å². The van der Waals surface area contributed by atoms with Crippen molar-refractivity contribution >= 4 is 11.8 Å². The molecule has 3 fully saturated rings. The molecule has 4 atom stereocenters. The first kappa shape index (κ1) is 17.0. The summed E-state index contributed by atoms with van der Waals surface area (Å²) in [6, 6.07) is 1.79. The number of amides is 2. The average molecular weight is 370 g/mol. The van der Waals surface area contributed by atoms with Gasteiger partial charge < -0.3 is 19.4 Å². The van der Waals surface area contributed by atoms with Crippen LogP contribution in [-0.4, -0.2) is 48.1 Å². The molecule has 1 aliphatic carbocycles. The molecule has 0 aromatic carbocycles. The Morgan fingerprint density at radius 1 is 1.33 bits per heavy atom. The predicted molar refractivity (Wildman–Crippen MR) is 98.0 cm³/mol. The standard InChI is InChI=1S/C21H26N2O4/c1-13-7-9-26-18(13)19(24)22-10-15-16-11-23(20(25)14-4-2-3-5-14)12-21(16)8-6-17(15)27-21/h2-3,7,9,14-17H,4-6,8,10-12H2,1H3,(H,22,24)/t15-,16+,17+,21+/m0/s1. The van der Waals surface area contributed by atoms with Gasteiger partial charge in [0.25, 0.3) is 5.91 Å². The van der Waals surface area contributed by atoms with Crippen LogP contribution in [0.25, 0.3) is 0 Å². The number of likely N-dealkylation sites (tertiary alicyclic amines) is 1. The molecule has 6 nitrogen and oxygen atoms in total. The second-order valence-corrected chi connectivity index (χ2v) is 8.53. The highest BCUT2D eigenvalue weighted by atomic mass is 16.5. The second kappa shape index (κ2) is 6.23. The number of carbonyl (C=O) groups excluding carboxylic acids is 2. The number of aryl methyl sites for hydroxylation is 1. The largest absolute Gasteiger partial charge is 0.459 e. The lowest BCUT2D eigenvalue weighted by Gasteiger charge is -2.29. The third kappa shape index (κ3) is 2.64. The molecule has 1 N–H and O–H groups in total. The molecule has 1 aromatic rings. The van der Waals surface area contributed by atoms with Gasteiger partial charge in [0, 0.05) is 36.4 Å². The summed E-state index contributed by atoms with van der Waals surface area (Å²) in [6.45, 7) is 3.91. The minimum absolute atomic E-state index is 0.109. The number of furan rings is 1. The van der Waals surface area contributed by atoms with Crippen LogP contribution in [0.1, 0.15) is 41.8 Å². The molecule has 2 bridgehead atoms. The van der Waals surface area contributed by atoms with Crippen LogP contribution >= 0.6 is 0 Å². The lowest BCUT2D eigenvalue weighted by Crippen LogP contribution is -2.41.